The van der Waals surface area contributed by atoms with Crippen LogP contribution in [0.4, 0.5) is 0 Å². The molecule has 0 rings (SSSR count). The summed E-state index contributed by atoms with van der Waals surface area (Å²) < 4.78 is 0. The lowest BCUT2D eigenvalue weighted by atomic mass is 10.5. The first kappa shape index (κ1) is 10.4. The summed E-state index contributed by atoms with van der Waals surface area (Å²) in [5, 5.41) is 5.48. The van der Waals surface area contributed by atoms with Gasteiger partial charge in [0, 0.05) is 18.6 Å². The number of rotatable bonds is 4. The second-order valence-corrected chi connectivity index (χ2v) is 1.77. The SMILES string of the molecule is C=CN=C(C=C)N(C=C)/N=C\C. The zero-order valence-electron chi connectivity index (χ0n) is 7.27. The first-order valence-corrected chi connectivity index (χ1v) is 3.51. The highest BCUT2D eigenvalue weighted by atomic mass is 15.5. The van der Waals surface area contributed by atoms with Crippen molar-refractivity contribution in [3.8, 4) is 0 Å². The van der Waals surface area contributed by atoms with Crippen LogP contribution >= 0.6 is 0 Å². The summed E-state index contributed by atoms with van der Waals surface area (Å²) in [5.41, 5.74) is 0. The van der Waals surface area contributed by atoms with Crippen molar-refractivity contribution in [2.75, 3.05) is 0 Å². The van der Waals surface area contributed by atoms with Crippen LogP contribution in [0.3, 0.4) is 0 Å². The second-order valence-electron chi connectivity index (χ2n) is 1.77. The summed E-state index contributed by atoms with van der Waals surface area (Å²) in [5.74, 6) is 0.595. The average molecular weight is 163 g/mol. The highest BCUT2D eigenvalue weighted by Gasteiger charge is 1.98. The molecule has 0 aromatic rings. The van der Waals surface area contributed by atoms with E-state index < -0.39 is 0 Å². The van der Waals surface area contributed by atoms with Crippen molar-refractivity contribution in [2.45, 2.75) is 6.92 Å². The molecule has 0 N–H and O–H groups in total. The third-order valence-corrected chi connectivity index (χ3v) is 1.05. The van der Waals surface area contributed by atoms with Crippen LogP contribution < -0.4 is 0 Å². The molecule has 64 valence electrons. The normalized spacial score (nSPS) is 11.2. The summed E-state index contributed by atoms with van der Waals surface area (Å²) in [4.78, 5) is 3.94. The van der Waals surface area contributed by atoms with Crippen LogP contribution in [0.1, 0.15) is 6.92 Å². The predicted octanol–water partition coefficient (Wildman–Crippen LogP) is 2.17. The molecule has 0 aliphatic heterocycles. The molecule has 0 saturated heterocycles. The van der Waals surface area contributed by atoms with E-state index in [1.54, 1.807) is 18.5 Å². The Kier molecular flexibility index (Phi) is 5.26. The van der Waals surface area contributed by atoms with Gasteiger partial charge >= 0.3 is 0 Å². The van der Waals surface area contributed by atoms with E-state index in [1.807, 2.05) is 6.92 Å². The molecule has 0 bridgehead atoms. The summed E-state index contributed by atoms with van der Waals surface area (Å²) in [7, 11) is 0. The number of hydrogen-bond donors (Lipinski definition) is 0. The number of amidine groups is 1. The Morgan fingerprint density at radius 2 is 2.00 bits per heavy atom. The van der Waals surface area contributed by atoms with Crippen LogP contribution in [0, 0.1) is 0 Å². The van der Waals surface area contributed by atoms with Crippen molar-refractivity contribution in [3.05, 3.63) is 38.2 Å². The van der Waals surface area contributed by atoms with Crippen molar-refractivity contribution in [2.24, 2.45) is 10.1 Å². The zero-order valence-corrected chi connectivity index (χ0v) is 7.27. The lowest BCUT2D eigenvalue weighted by molar-refractivity contribution is 0.610. The Bertz CT molecular complexity index is 226. The third-order valence-electron chi connectivity index (χ3n) is 1.05. The van der Waals surface area contributed by atoms with E-state index in [-0.39, 0.29) is 0 Å². The number of hydrogen-bond acceptors (Lipinski definition) is 2. The van der Waals surface area contributed by atoms with E-state index >= 15 is 0 Å². The first-order chi connectivity index (χ1) is 5.79. The van der Waals surface area contributed by atoms with Crippen LogP contribution in [0.25, 0.3) is 0 Å². The summed E-state index contributed by atoms with van der Waals surface area (Å²) in [6.07, 6.45) is 6.20. The van der Waals surface area contributed by atoms with Crippen LogP contribution in [-0.4, -0.2) is 17.1 Å². The fraction of sp³-hybridized carbons (Fsp3) is 0.111. The molecule has 12 heavy (non-hydrogen) atoms. The van der Waals surface area contributed by atoms with Gasteiger partial charge < -0.3 is 0 Å². The van der Waals surface area contributed by atoms with Gasteiger partial charge in [-0.1, -0.05) is 19.7 Å². The summed E-state index contributed by atoms with van der Waals surface area (Å²) in [6.45, 7) is 12.5. The fourth-order valence-corrected chi connectivity index (χ4v) is 0.623. The lowest BCUT2D eigenvalue weighted by Crippen LogP contribution is -2.16. The first-order valence-electron chi connectivity index (χ1n) is 3.51. The van der Waals surface area contributed by atoms with Crippen LogP contribution in [0.5, 0.6) is 0 Å². The van der Waals surface area contributed by atoms with Gasteiger partial charge in [-0.2, -0.15) is 5.10 Å². The van der Waals surface area contributed by atoms with E-state index in [4.69, 9.17) is 0 Å². The average Bonchev–Trinajstić information content (AvgIpc) is 2.11. The molecule has 0 aromatic carbocycles. The Balaban J connectivity index is 4.65. The molecule has 0 aliphatic rings. The lowest BCUT2D eigenvalue weighted by Gasteiger charge is -2.11. The Labute approximate surface area is 73.1 Å². The van der Waals surface area contributed by atoms with Gasteiger partial charge in [-0.05, 0) is 13.0 Å². The highest BCUT2D eigenvalue weighted by molar-refractivity contribution is 5.93. The van der Waals surface area contributed by atoms with Crippen molar-refractivity contribution < 1.29 is 0 Å². The molecule has 0 heterocycles. The van der Waals surface area contributed by atoms with Crippen LogP contribution in [0.15, 0.2) is 48.3 Å². The van der Waals surface area contributed by atoms with Gasteiger partial charge in [-0.15, -0.1) is 0 Å². The number of aliphatic imine (C=N–C) groups is 1. The largest absolute Gasteiger partial charge is 0.238 e. The highest BCUT2D eigenvalue weighted by Crippen LogP contribution is 1.95. The molecule has 3 nitrogen and oxygen atoms in total. The Hall–Kier alpha value is -1.64. The van der Waals surface area contributed by atoms with E-state index in [2.05, 4.69) is 29.8 Å². The number of nitrogens with zero attached hydrogens (tertiary/aromatic N) is 3. The third kappa shape index (κ3) is 2.96. The van der Waals surface area contributed by atoms with E-state index in [0.717, 1.165) is 0 Å². The second kappa shape index (κ2) is 6.09. The maximum atomic E-state index is 3.97. The minimum absolute atomic E-state index is 0.595. The van der Waals surface area contributed by atoms with Gasteiger partial charge in [0.2, 0.25) is 0 Å². The molecule has 0 radical (unpaired) electrons. The molecule has 3 heteroatoms. The quantitative estimate of drug-likeness (QED) is 0.354. The molecule has 0 atom stereocenters. The molecular formula is C9H13N3. The fourth-order valence-electron chi connectivity index (χ4n) is 0.623. The van der Waals surface area contributed by atoms with Crippen LogP contribution in [-0.2, 0) is 0 Å². The maximum absolute atomic E-state index is 3.97. The molecule has 0 amide bonds. The van der Waals surface area contributed by atoms with Gasteiger partial charge in [0.1, 0.15) is 0 Å². The number of hydrazone groups is 1. The topological polar surface area (TPSA) is 28.0 Å². The van der Waals surface area contributed by atoms with Gasteiger partial charge in [0.05, 0.1) is 0 Å². The van der Waals surface area contributed by atoms with Crippen molar-refractivity contribution in [1.82, 2.24) is 5.01 Å². The predicted molar refractivity (Wildman–Crippen MR) is 54.0 cm³/mol. The Morgan fingerprint density at radius 3 is 2.33 bits per heavy atom. The van der Waals surface area contributed by atoms with Crippen molar-refractivity contribution >= 4 is 12.1 Å². The minimum atomic E-state index is 0.595. The molecular weight excluding hydrogens is 150 g/mol. The van der Waals surface area contributed by atoms with Gasteiger partial charge in [0.15, 0.2) is 5.84 Å². The molecule has 0 aromatic heterocycles. The van der Waals surface area contributed by atoms with Gasteiger partial charge in [-0.25, -0.2) is 10.0 Å². The van der Waals surface area contributed by atoms with Crippen molar-refractivity contribution in [3.63, 3.8) is 0 Å². The van der Waals surface area contributed by atoms with Gasteiger partial charge in [-0.3, -0.25) is 0 Å². The van der Waals surface area contributed by atoms with E-state index in [9.17, 15) is 0 Å². The standard InChI is InChI=1S/C9H13N3/c1-5-9(10-6-2)12(8-4)11-7-3/h5-8H,1-2,4H2,3H3/b10-9?,11-7-. The molecule has 0 unspecified atom stereocenters. The molecule has 0 saturated carbocycles. The minimum Gasteiger partial charge on any atom is -0.238 e. The molecule has 0 spiro atoms. The zero-order chi connectivity index (χ0) is 9.40. The summed E-state index contributed by atoms with van der Waals surface area (Å²) in [6, 6.07) is 0. The van der Waals surface area contributed by atoms with Crippen molar-refractivity contribution in [1.29, 1.82) is 0 Å². The summed E-state index contributed by atoms with van der Waals surface area (Å²) >= 11 is 0. The smallest absolute Gasteiger partial charge is 0.152 e. The monoisotopic (exact) mass is 163 g/mol. The van der Waals surface area contributed by atoms with E-state index in [1.165, 1.54) is 11.2 Å². The Morgan fingerprint density at radius 1 is 1.33 bits per heavy atom. The van der Waals surface area contributed by atoms with E-state index in [0.29, 0.717) is 5.84 Å². The molecule has 0 aliphatic carbocycles. The molecule has 0 fully saturated rings. The van der Waals surface area contributed by atoms with Crippen LogP contribution in [0.2, 0.25) is 0 Å². The van der Waals surface area contributed by atoms with Gasteiger partial charge in [0.25, 0.3) is 0 Å². The maximum Gasteiger partial charge on any atom is 0.152 e.